The van der Waals surface area contributed by atoms with E-state index in [0.717, 1.165) is 31.2 Å². The molecule has 8 heteroatoms. The van der Waals surface area contributed by atoms with Gasteiger partial charge in [0, 0.05) is 24.2 Å². The molecule has 8 nitrogen and oxygen atoms in total. The molecule has 3 aliphatic rings. The Kier molecular flexibility index (Phi) is 8.19. The van der Waals surface area contributed by atoms with Gasteiger partial charge in [-0.3, -0.25) is 14.5 Å². The van der Waals surface area contributed by atoms with Crippen LogP contribution >= 0.6 is 0 Å². The third-order valence-electron chi connectivity index (χ3n) is 9.53. The van der Waals surface area contributed by atoms with Gasteiger partial charge in [0.25, 0.3) is 11.5 Å². The maximum Gasteiger partial charge on any atom is 0.330 e. The molecule has 1 amide bonds. The zero-order valence-corrected chi connectivity index (χ0v) is 23.6. The molecule has 2 N–H and O–H groups in total. The summed E-state index contributed by atoms with van der Waals surface area (Å²) in [6.07, 6.45) is 14.4. The zero-order chi connectivity index (χ0) is 28.3. The molecule has 2 aromatic carbocycles. The molecule has 3 aromatic rings. The number of fused-ring (bicyclic) bond motifs is 3. The van der Waals surface area contributed by atoms with E-state index in [1.807, 2.05) is 24.3 Å². The van der Waals surface area contributed by atoms with Crippen molar-refractivity contribution < 1.29 is 14.7 Å². The second-order valence-corrected chi connectivity index (χ2v) is 12.1. The standard InChI is InChI=1S/C33H40N4O4/c38-31(35-29(33(40)41)22-12-5-4-6-13-22)30-32(39)37(28-19-10-9-18-27(28)34-30)26-20-24-16-11-17-25(21-26)36(24)23-14-7-2-1-3-8-15-23/h4-6,9-10,12-13,18-19,23-26,29H,1-3,7-8,11,14-17,20-21H2,(H,35,38)(H,40,41)/t24-,25+,26+,29?. The molecular formula is C33H40N4O4. The van der Waals surface area contributed by atoms with Crippen LogP contribution in [0.5, 0.6) is 0 Å². The number of carbonyl (C=O) groups is 2. The first kappa shape index (κ1) is 27.6. The zero-order valence-electron chi connectivity index (χ0n) is 23.6. The molecule has 2 saturated heterocycles. The van der Waals surface area contributed by atoms with Gasteiger partial charge in [-0.2, -0.15) is 0 Å². The van der Waals surface area contributed by atoms with Crippen molar-refractivity contribution in [2.75, 3.05) is 0 Å². The van der Waals surface area contributed by atoms with Crippen molar-refractivity contribution in [3.8, 4) is 0 Å². The minimum Gasteiger partial charge on any atom is -0.479 e. The molecule has 2 bridgehead atoms. The van der Waals surface area contributed by atoms with Crippen molar-refractivity contribution in [3.63, 3.8) is 0 Å². The van der Waals surface area contributed by atoms with Crippen molar-refractivity contribution in [1.29, 1.82) is 0 Å². The lowest BCUT2D eigenvalue weighted by Crippen LogP contribution is -2.57. The Hall–Kier alpha value is -3.52. The molecule has 0 spiro atoms. The van der Waals surface area contributed by atoms with Crippen LogP contribution in [0.15, 0.2) is 59.4 Å². The Morgan fingerprint density at radius 2 is 1.39 bits per heavy atom. The van der Waals surface area contributed by atoms with Crippen LogP contribution in [0.3, 0.4) is 0 Å². The molecular weight excluding hydrogens is 516 g/mol. The van der Waals surface area contributed by atoms with Crippen LogP contribution in [0.2, 0.25) is 0 Å². The van der Waals surface area contributed by atoms with E-state index in [4.69, 9.17) is 0 Å². The van der Waals surface area contributed by atoms with Crippen LogP contribution in [-0.4, -0.2) is 49.6 Å². The number of carboxylic acids is 1. The first-order chi connectivity index (χ1) is 20.0. The third-order valence-corrected chi connectivity index (χ3v) is 9.53. The Bertz CT molecular complexity index is 1430. The number of hydrogen-bond acceptors (Lipinski definition) is 5. The van der Waals surface area contributed by atoms with Gasteiger partial charge in [-0.1, -0.05) is 81.0 Å². The molecule has 1 unspecified atom stereocenters. The van der Waals surface area contributed by atoms with Crippen LogP contribution in [0.25, 0.3) is 11.0 Å². The first-order valence-corrected chi connectivity index (χ1v) is 15.4. The predicted molar refractivity (Wildman–Crippen MR) is 158 cm³/mol. The quantitative estimate of drug-likeness (QED) is 0.408. The smallest absolute Gasteiger partial charge is 0.330 e. The summed E-state index contributed by atoms with van der Waals surface area (Å²) in [7, 11) is 0. The van der Waals surface area contributed by atoms with Gasteiger partial charge in [-0.25, -0.2) is 9.78 Å². The lowest BCUT2D eigenvalue weighted by Gasteiger charge is -2.53. The monoisotopic (exact) mass is 556 g/mol. The molecule has 0 radical (unpaired) electrons. The molecule has 3 heterocycles. The summed E-state index contributed by atoms with van der Waals surface area (Å²) in [4.78, 5) is 46.9. The van der Waals surface area contributed by atoms with E-state index in [9.17, 15) is 19.5 Å². The van der Waals surface area contributed by atoms with Crippen molar-refractivity contribution in [2.24, 2.45) is 0 Å². The topological polar surface area (TPSA) is 105 Å². The van der Waals surface area contributed by atoms with E-state index >= 15 is 0 Å². The van der Waals surface area contributed by atoms with Gasteiger partial charge in [-0.15, -0.1) is 0 Å². The van der Waals surface area contributed by atoms with Gasteiger partial charge >= 0.3 is 5.97 Å². The number of aliphatic carboxylic acids is 1. The third kappa shape index (κ3) is 5.67. The molecule has 4 atom stereocenters. The molecule has 216 valence electrons. The number of amides is 1. The SMILES string of the molecule is O=C(NC(C(=O)O)c1ccccc1)c1nc2ccccc2n([C@H]2C[C@H]3CCC[C@@H](C2)N3C2CCCCCCC2)c1=O. The van der Waals surface area contributed by atoms with Crippen LogP contribution < -0.4 is 10.9 Å². The fourth-order valence-corrected chi connectivity index (χ4v) is 7.73. The van der Waals surface area contributed by atoms with Gasteiger partial charge in [-0.05, 0) is 56.2 Å². The number of benzene rings is 2. The Balaban J connectivity index is 1.33. The van der Waals surface area contributed by atoms with E-state index in [-0.39, 0.29) is 11.7 Å². The fourth-order valence-electron chi connectivity index (χ4n) is 7.73. The molecule has 1 aliphatic carbocycles. The summed E-state index contributed by atoms with van der Waals surface area (Å²) < 4.78 is 1.80. The van der Waals surface area contributed by atoms with Crippen molar-refractivity contribution in [2.45, 2.75) is 107 Å². The number of nitrogens with zero attached hydrogens (tertiary/aromatic N) is 3. The highest BCUT2D eigenvalue weighted by atomic mass is 16.4. The van der Waals surface area contributed by atoms with E-state index < -0.39 is 23.5 Å². The number of aromatic nitrogens is 2. The van der Waals surface area contributed by atoms with Gasteiger partial charge in [0.2, 0.25) is 0 Å². The largest absolute Gasteiger partial charge is 0.479 e. The molecule has 41 heavy (non-hydrogen) atoms. The maximum atomic E-state index is 14.1. The molecule has 2 aliphatic heterocycles. The van der Waals surface area contributed by atoms with Gasteiger partial charge in [0.05, 0.1) is 11.0 Å². The number of nitrogens with one attached hydrogen (secondary N) is 1. The van der Waals surface area contributed by atoms with Crippen LogP contribution in [0.1, 0.15) is 105 Å². The van der Waals surface area contributed by atoms with Crippen LogP contribution in [0.4, 0.5) is 0 Å². The van der Waals surface area contributed by atoms with Crippen LogP contribution in [0, 0.1) is 0 Å². The number of carbonyl (C=O) groups excluding carboxylic acids is 1. The van der Waals surface area contributed by atoms with Crippen molar-refractivity contribution in [3.05, 3.63) is 76.2 Å². The lowest BCUT2D eigenvalue weighted by molar-refractivity contribution is -0.139. The first-order valence-electron chi connectivity index (χ1n) is 15.4. The average Bonchev–Trinajstić information content (AvgIpc) is 2.95. The number of hydrogen-bond donors (Lipinski definition) is 2. The highest BCUT2D eigenvalue weighted by Crippen LogP contribution is 2.42. The van der Waals surface area contributed by atoms with E-state index in [0.29, 0.717) is 29.2 Å². The van der Waals surface area contributed by atoms with Crippen molar-refractivity contribution in [1.82, 2.24) is 19.8 Å². The van der Waals surface area contributed by atoms with Gasteiger partial charge in [0.1, 0.15) is 0 Å². The number of para-hydroxylation sites is 2. The summed E-state index contributed by atoms with van der Waals surface area (Å²) in [6.45, 7) is 0. The molecule has 3 fully saturated rings. The Morgan fingerprint density at radius 3 is 2.07 bits per heavy atom. The van der Waals surface area contributed by atoms with Crippen LogP contribution in [-0.2, 0) is 4.79 Å². The molecule has 1 aromatic heterocycles. The number of rotatable bonds is 6. The second kappa shape index (κ2) is 12.1. The highest BCUT2D eigenvalue weighted by molar-refractivity contribution is 5.96. The second-order valence-electron chi connectivity index (χ2n) is 12.1. The summed E-state index contributed by atoms with van der Waals surface area (Å²) >= 11 is 0. The normalized spacial score (nSPS) is 24.7. The molecule has 6 rings (SSSR count). The van der Waals surface area contributed by atoms with Gasteiger partial charge in [0.15, 0.2) is 11.7 Å². The number of carboxylic acid groups (broad SMARTS) is 1. The summed E-state index contributed by atoms with van der Waals surface area (Å²) in [5.74, 6) is -1.96. The average molecular weight is 557 g/mol. The Morgan fingerprint density at radius 1 is 0.780 bits per heavy atom. The summed E-state index contributed by atoms with van der Waals surface area (Å²) in [6, 6.07) is 16.2. The fraction of sp³-hybridized carbons (Fsp3) is 0.515. The summed E-state index contributed by atoms with van der Waals surface area (Å²) in [5, 5.41) is 12.4. The Labute approximate surface area is 240 Å². The predicted octanol–water partition coefficient (Wildman–Crippen LogP) is 5.62. The van der Waals surface area contributed by atoms with Crippen molar-refractivity contribution >= 4 is 22.9 Å². The van der Waals surface area contributed by atoms with Gasteiger partial charge < -0.3 is 15.0 Å². The molecule has 1 saturated carbocycles. The van der Waals surface area contributed by atoms with E-state index in [1.54, 1.807) is 34.9 Å². The minimum absolute atomic E-state index is 0.0357. The lowest BCUT2D eigenvalue weighted by atomic mass is 9.79. The minimum atomic E-state index is -1.28. The van der Waals surface area contributed by atoms with E-state index in [1.165, 1.54) is 51.4 Å². The summed E-state index contributed by atoms with van der Waals surface area (Å²) in [5.41, 5.74) is 1.04. The maximum absolute atomic E-state index is 14.1. The number of piperidine rings is 2. The highest BCUT2D eigenvalue weighted by Gasteiger charge is 2.42. The van der Waals surface area contributed by atoms with E-state index in [2.05, 4.69) is 15.2 Å².